The number of ether oxygens (including phenoxy) is 1. The Hall–Kier alpha value is -2.01. The molecular weight excluding hydrogens is 251 g/mol. The van der Waals surface area contributed by atoms with Gasteiger partial charge in [0.15, 0.2) is 0 Å². The van der Waals surface area contributed by atoms with E-state index in [4.69, 9.17) is 22.7 Å². The average Bonchev–Trinajstić information content (AvgIpc) is 2.32. The van der Waals surface area contributed by atoms with E-state index in [1.54, 1.807) is 24.4 Å². The number of thiocarbonyl (C=S) groups is 1. The molecule has 0 bridgehead atoms. The third kappa shape index (κ3) is 2.62. The van der Waals surface area contributed by atoms with E-state index in [0.29, 0.717) is 5.75 Å². The van der Waals surface area contributed by atoms with Gasteiger partial charge in [0.2, 0.25) is 0 Å². The lowest BCUT2D eigenvalue weighted by molar-refractivity contribution is 0.473. The zero-order valence-electron chi connectivity index (χ0n) is 9.68. The number of hydrogen-bond acceptors (Lipinski definition) is 3. The molecular formula is C13H11FN2OS. The average molecular weight is 262 g/mol. The summed E-state index contributed by atoms with van der Waals surface area (Å²) in [6.07, 6.45) is 1.56. The molecule has 2 aromatic rings. The molecule has 1 aromatic carbocycles. The van der Waals surface area contributed by atoms with Crippen LogP contribution in [0.4, 0.5) is 4.39 Å². The Morgan fingerprint density at radius 2 is 2.11 bits per heavy atom. The minimum Gasteiger partial charge on any atom is -0.455 e. The van der Waals surface area contributed by atoms with E-state index < -0.39 is 5.82 Å². The number of nitrogens with two attached hydrogens (primary N) is 1. The minimum atomic E-state index is -0.500. The highest BCUT2D eigenvalue weighted by Crippen LogP contribution is 2.26. The van der Waals surface area contributed by atoms with Crippen molar-refractivity contribution in [3.05, 3.63) is 53.6 Å². The number of hydrogen-bond donors (Lipinski definition) is 1. The van der Waals surface area contributed by atoms with Gasteiger partial charge < -0.3 is 10.5 Å². The van der Waals surface area contributed by atoms with Crippen LogP contribution in [0.15, 0.2) is 36.5 Å². The lowest BCUT2D eigenvalue weighted by Gasteiger charge is -2.10. The molecule has 0 saturated carbocycles. The third-order valence-corrected chi connectivity index (χ3v) is 2.54. The highest BCUT2D eigenvalue weighted by molar-refractivity contribution is 7.80. The van der Waals surface area contributed by atoms with Gasteiger partial charge in [-0.2, -0.15) is 0 Å². The van der Waals surface area contributed by atoms with E-state index in [9.17, 15) is 4.39 Å². The molecule has 92 valence electrons. The number of aromatic nitrogens is 1. The molecule has 1 aromatic heterocycles. The summed E-state index contributed by atoms with van der Waals surface area (Å²) < 4.78 is 19.1. The van der Waals surface area contributed by atoms with Crippen LogP contribution in [0.5, 0.6) is 11.5 Å². The molecule has 0 amide bonds. The molecule has 2 N–H and O–H groups in total. The summed E-state index contributed by atoms with van der Waals surface area (Å²) in [6, 6.07) is 7.98. The third-order valence-electron chi connectivity index (χ3n) is 2.33. The van der Waals surface area contributed by atoms with Gasteiger partial charge in [-0.3, -0.25) is 4.98 Å². The Morgan fingerprint density at radius 3 is 2.72 bits per heavy atom. The number of pyridine rings is 1. The van der Waals surface area contributed by atoms with Crippen LogP contribution in [0.2, 0.25) is 0 Å². The van der Waals surface area contributed by atoms with Crippen molar-refractivity contribution in [2.45, 2.75) is 6.92 Å². The molecule has 0 aliphatic heterocycles. The second kappa shape index (κ2) is 5.10. The zero-order valence-corrected chi connectivity index (χ0v) is 10.5. The second-order valence-corrected chi connectivity index (χ2v) is 4.15. The first-order chi connectivity index (χ1) is 8.58. The van der Waals surface area contributed by atoms with Crippen LogP contribution in [0, 0.1) is 12.7 Å². The molecule has 2 rings (SSSR count). The molecule has 18 heavy (non-hydrogen) atoms. The standard InChI is InChI=1S/C13H11FN2OS/c1-8-5-6-9(7-16-8)17-11-4-2-3-10(14)12(11)13(15)18/h2-7H,1H3,(H2,15,18). The largest absolute Gasteiger partial charge is 0.455 e. The molecule has 0 unspecified atom stereocenters. The molecule has 1 heterocycles. The number of nitrogens with zero attached hydrogens (tertiary/aromatic N) is 1. The van der Waals surface area contributed by atoms with E-state index in [1.807, 2.05) is 6.92 Å². The molecule has 0 aliphatic rings. The van der Waals surface area contributed by atoms with Gasteiger partial charge in [-0.1, -0.05) is 18.3 Å². The summed E-state index contributed by atoms with van der Waals surface area (Å²) in [5.74, 6) is 0.289. The molecule has 0 spiro atoms. The summed E-state index contributed by atoms with van der Waals surface area (Å²) in [7, 11) is 0. The normalized spacial score (nSPS) is 10.1. The predicted octanol–water partition coefficient (Wildman–Crippen LogP) is 2.96. The molecule has 0 radical (unpaired) electrons. The van der Waals surface area contributed by atoms with Crippen LogP contribution in [0.25, 0.3) is 0 Å². The lowest BCUT2D eigenvalue weighted by Crippen LogP contribution is -2.13. The van der Waals surface area contributed by atoms with Gasteiger partial charge in [0.1, 0.15) is 22.3 Å². The highest BCUT2D eigenvalue weighted by atomic mass is 32.1. The first-order valence-corrected chi connectivity index (χ1v) is 5.67. The lowest BCUT2D eigenvalue weighted by atomic mass is 10.2. The smallest absolute Gasteiger partial charge is 0.145 e. The van der Waals surface area contributed by atoms with Crippen molar-refractivity contribution < 1.29 is 9.13 Å². The van der Waals surface area contributed by atoms with Crippen molar-refractivity contribution in [3.63, 3.8) is 0 Å². The maximum atomic E-state index is 13.6. The van der Waals surface area contributed by atoms with Gasteiger partial charge in [-0.05, 0) is 31.2 Å². The van der Waals surface area contributed by atoms with Crippen LogP contribution in [0.3, 0.4) is 0 Å². The Balaban J connectivity index is 2.37. The van der Waals surface area contributed by atoms with E-state index >= 15 is 0 Å². The maximum absolute atomic E-state index is 13.6. The van der Waals surface area contributed by atoms with Gasteiger partial charge in [-0.15, -0.1) is 0 Å². The molecule has 0 atom stereocenters. The van der Waals surface area contributed by atoms with Crippen molar-refractivity contribution in [1.29, 1.82) is 0 Å². The Kier molecular flexibility index (Phi) is 3.53. The molecule has 0 aliphatic carbocycles. The van der Waals surface area contributed by atoms with Gasteiger partial charge in [-0.25, -0.2) is 4.39 Å². The monoisotopic (exact) mass is 262 g/mol. The van der Waals surface area contributed by atoms with E-state index in [-0.39, 0.29) is 16.3 Å². The van der Waals surface area contributed by atoms with Gasteiger partial charge in [0.25, 0.3) is 0 Å². The molecule has 3 nitrogen and oxygen atoms in total. The summed E-state index contributed by atoms with van der Waals surface area (Å²) in [4.78, 5) is 4.05. The number of rotatable bonds is 3. The first-order valence-electron chi connectivity index (χ1n) is 5.27. The minimum absolute atomic E-state index is 0.0387. The SMILES string of the molecule is Cc1ccc(Oc2cccc(F)c2C(N)=S)cn1. The van der Waals surface area contributed by atoms with Crippen LogP contribution in [-0.4, -0.2) is 9.97 Å². The topological polar surface area (TPSA) is 48.1 Å². The van der Waals surface area contributed by atoms with Crippen molar-refractivity contribution >= 4 is 17.2 Å². The number of benzene rings is 1. The fourth-order valence-electron chi connectivity index (χ4n) is 1.47. The summed E-state index contributed by atoms with van der Waals surface area (Å²) in [6.45, 7) is 1.87. The summed E-state index contributed by atoms with van der Waals surface area (Å²) in [5, 5.41) is 0. The summed E-state index contributed by atoms with van der Waals surface area (Å²) >= 11 is 4.82. The van der Waals surface area contributed by atoms with Gasteiger partial charge in [0, 0.05) is 5.69 Å². The van der Waals surface area contributed by atoms with Crippen LogP contribution in [-0.2, 0) is 0 Å². The predicted molar refractivity (Wildman–Crippen MR) is 71.3 cm³/mol. The van der Waals surface area contributed by atoms with Crippen molar-refractivity contribution in [2.75, 3.05) is 0 Å². The van der Waals surface area contributed by atoms with E-state index in [0.717, 1.165) is 5.69 Å². The van der Waals surface area contributed by atoms with Crippen LogP contribution in [0.1, 0.15) is 11.3 Å². The zero-order chi connectivity index (χ0) is 13.1. The molecule has 0 fully saturated rings. The molecule has 5 heteroatoms. The van der Waals surface area contributed by atoms with Gasteiger partial charge >= 0.3 is 0 Å². The van der Waals surface area contributed by atoms with Crippen LogP contribution < -0.4 is 10.5 Å². The quantitative estimate of drug-likeness (QED) is 0.864. The Labute approximate surface area is 109 Å². The second-order valence-electron chi connectivity index (χ2n) is 3.71. The highest BCUT2D eigenvalue weighted by Gasteiger charge is 2.12. The number of aryl methyl sites for hydroxylation is 1. The van der Waals surface area contributed by atoms with Crippen LogP contribution >= 0.6 is 12.2 Å². The van der Waals surface area contributed by atoms with E-state index in [2.05, 4.69) is 4.98 Å². The Morgan fingerprint density at radius 1 is 1.33 bits per heavy atom. The fraction of sp³-hybridized carbons (Fsp3) is 0.0769. The van der Waals surface area contributed by atoms with Crippen molar-refractivity contribution in [2.24, 2.45) is 5.73 Å². The first kappa shape index (κ1) is 12.4. The molecule has 0 saturated heterocycles. The van der Waals surface area contributed by atoms with Crippen molar-refractivity contribution in [3.8, 4) is 11.5 Å². The Bertz CT molecular complexity index is 584. The number of halogens is 1. The van der Waals surface area contributed by atoms with E-state index in [1.165, 1.54) is 12.1 Å². The maximum Gasteiger partial charge on any atom is 0.145 e. The fourth-order valence-corrected chi connectivity index (χ4v) is 1.67. The summed E-state index contributed by atoms with van der Waals surface area (Å²) in [5.41, 5.74) is 6.47. The van der Waals surface area contributed by atoms with Crippen molar-refractivity contribution in [1.82, 2.24) is 4.98 Å². The van der Waals surface area contributed by atoms with Gasteiger partial charge in [0.05, 0.1) is 11.8 Å².